The van der Waals surface area contributed by atoms with Crippen molar-refractivity contribution in [1.82, 2.24) is 4.90 Å². The zero-order valence-electron chi connectivity index (χ0n) is 21.1. The van der Waals surface area contributed by atoms with Gasteiger partial charge in [0.25, 0.3) is 5.91 Å². The molecule has 0 aromatic heterocycles. The van der Waals surface area contributed by atoms with Crippen LogP contribution in [0.1, 0.15) is 53.5 Å². The van der Waals surface area contributed by atoms with Gasteiger partial charge in [0.05, 0.1) is 19.1 Å². The first-order valence-electron chi connectivity index (χ1n) is 11.7. The maximum atomic E-state index is 13.5. The summed E-state index contributed by atoms with van der Waals surface area (Å²) in [5, 5.41) is 0. The standard InChI is InChI=1S/C26H37NO7/c1-25(2,3)33-23(30)20(24(31)34-26(4,5)6)19(13-12-18-10-8-7-9-11-18)21(28)22(29)27-14-16-32-17-15-27/h7-11,19-20H,12-17H2,1-6H3/t19-/m1/s1. The lowest BCUT2D eigenvalue weighted by Crippen LogP contribution is -2.50. The molecule has 0 unspecified atom stereocenters. The van der Waals surface area contributed by atoms with Crippen LogP contribution in [0.4, 0.5) is 0 Å². The molecule has 1 aromatic carbocycles. The van der Waals surface area contributed by atoms with Crippen LogP contribution in [0.3, 0.4) is 0 Å². The smallest absolute Gasteiger partial charge is 0.321 e. The quantitative estimate of drug-likeness (QED) is 0.324. The summed E-state index contributed by atoms with van der Waals surface area (Å²) in [4.78, 5) is 54.4. The third-order valence-corrected chi connectivity index (χ3v) is 5.16. The lowest BCUT2D eigenvalue weighted by atomic mass is 9.82. The van der Waals surface area contributed by atoms with E-state index < -0.39 is 46.7 Å². The molecule has 8 nitrogen and oxygen atoms in total. The van der Waals surface area contributed by atoms with E-state index in [1.54, 1.807) is 41.5 Å². The van der Waals surface area contributed by atoms with Crippen molar-refractivity contribution in [3.8, 4) is 0 Å². The Balaban J connectivity index is 2.42. The number of hydrogen-bond donors (Lipinski definition) is 0. The highest BCUT2D eigenvalue weighted by atomic mass is 16.6. The number of Topliss-reactive ketones (excluding diaryl/α,β-unsaturated/α-hetero) is 1. The number of carbonyl (C=O) groups excluding carboxylic acids is 4. The highest BCUT2D eigenvalue weighted by Gasteiger charge is 2.46. The van der Waals surface area contributed by atoms with Gasteiger partial charge < -0.3 is 19.1 Å². The van der Waals surface area contributed by atoms with Gasteiger partial charge in [-0.2, -0.15) is 0 Å². The second-order valence-corrected chi connectivity index (χ2v) is 10.4. The van der Waals surface area contributed by atoms with Gasteiger partial charge in [-0.05, 0) is 59.9 Å². The van der Waals surface area contributed by atoms with Gasteiger partial charge in [0.1, 0.15) is 11.2 Å². The third kappa shape index (κ3) is 8.56. The number of carbonyl (C=O) groups is 4. The van der Waals surface area contributed by atoms with Crippen LogP contribution in [0.5, 0.6) is 0 Å². The van der Waals surface area contributed by atoms with Gasteiger partial charge in [-0.25, -0.2) is 0 Å². The van der Waals surface area contributed by atoms with E-state index in [-0.39, 0.29) is 19.5 Å². The highest BCUT2D eigenvalue weighted by Crippen LogP contribution is 2.28. The van der Waals surface area contributed by atoms with E-state index in [0.717, 1.165) is 5.56 Å². The Morgan fingerprint density at radius 3 is 1.85 bits per heavy atom. The average molecular weight is 476 g/mol. The SMILES string of the molecule is CC(C)(C)OC(=O)C(C(=O)OC(C)(C)C)[C@@H](CCc1ccccc1)C(=O)C(=O)N1CCOCC1. The van der Waals surface area contributed by atoms with Crippen molar-refractivity contribution < 1.29 is 33.4 Å². The topological polar surface area (TPSA) is 99.2 Å². The summed E-state index contributed by atoms with van der Waals surface area (Å²) in [6.07, 6.45) is 0.512. The van der Waals surface area contributed by atoms with Gasteiger partial charge >= 0.3 is 11.9 Å². The van der Waals surface area contributed by atoms with Crippen LogP contribution < -0.4 is 0 Å². The lowest BCUT2D eigenvalue weighted by Gasteiger charge is -2.31. The minimum atomic E-state index is -1.56. The first-order chi connectivity index (χ1) is 15.8. The molecule has 0 N–H and O–H groups in total. The summed E-state index contributed by atoms with van der Waals surface area (Å²) in [7, 11) is 0. The van der Waals surface area contributed by atoms with E-state index in [1.807, 2.05) is 30.3 Å². The molecule has 0 aliphatic carbocycles. The summed E-state index contributed by atoms with van der Waals surface area (Å²) in [6.45, 7) is 11.3. The predicted octanol–water partition coefficient (Wildman–Crippen LogP) is 2.96. The number of aryl methyl sites for hydroxylation is 1. The zero-order valence-corrected chi connectivity index (χ0v) is 21.1. The van der Waals surface area contributed by atoms with Gasteiger partial charge in [-0.3, -0.25) is 19.2 Å². The maximum Gasteiger partial charge on any atom is 0.321 e. The molecule has 1 aliphatic rings. The molecular weight excluding hydrogens is 438 g/mol. The van der Waals surface area contributed by atoms with Crippen LogP contribution in [-0.4, -0.2) is 66.0 Å². The fourth-order valence-electron chi connectivity index (χ4n) is 3.65. The number of amides is 1. The Kier molecular flexibility index (Phi) is 9.38. The van der Waals surface area contributed by atoms with Crippen molar-refractivity contribution in [2.45, 2.75) is 65.6 Å². The molecule has 2 rings (SSSR count). The van der Waals surface area contributed by atoms with Crippen molar-refractivity contribution >= 4 is 23.6 Å². The molecular formula is C26H37NO7. The fraction of sp³-hybridized carbons (Fsp3) is 0.615. The Labute approximate surface area is 201 Å². The molecule has 8 heteroatoms. The zero-order chi connectivity index (χ0) is 25.5. The third-order valence-electron chi connectivity index (χ3n) is 5.16. The van der Waals surface area contributed by atoms with Crippen LogP contribution in [0.25, 0.3) is 0 Å². The Bertz CT molecular complexity index is 833. The van der Waals surface area contributed by atoms with E-state index in [1.165, 1.54) is 4.90 Å². The fourth-order valence-corrected chi connectivity index (χ4v) is 3.65. The van der Waals surface area contributed by atoms with Crippen molar-refractivity contribution in [1.29, 1.82) is 0 Å². The van der Waals surface area contributed by atoms with E-state index in [4.69, 9.17) is 14.2 Å². The average Bonchev–Trinajstić information content (AvgIpc) is 2.74. The van der Waals surface area contributed by atoms with Crippen molar-refractivity contribution in [3.63, 3.8) is 0 Å². The van der Waals surface area contributed by atoms with Gasteiger partial charge in [0.15, 0.2) is 5.92 Å². The molecule has 188 valence electrons. The number of benzene rings is 1. The van der Waals surface area contributed by atoms with E-state index in [2.05, 4.69) is 0 Å². The number of ether oxygens (including phenoxy) is 3. The largest absolute Gasteiger partial charge is 0.459 e. The van der Waals surface area contributed by atoms with Gasteiger partial charge in [-0.15, -0.1) is 0 Å². The Morgan fingerprint density at radius 2 is 1.38 bits per heavy atom. The predicted molar refractivity (Wildman–Crippen MR) is 126 cm³/mol. The Morgan fingerprint density at radius 1 is 0.882 bits per heavy atom. The summed E-state index contributed by atoms with van der Waals surface area (Å²) in [5.41, 5.74) is -0.858. The normalized spacial score (nSPS) is 15.6. The second kappa shape index (κ2) is 11.6. The number of morpholine rings is 1. The number of ketones is 1. The molecule has 34 heavy (non-hydrogen) atoms. The molecule has 0 radical (unpaired) electrons. The molecule has 1 aromatic rings. The number of nitrogens with zero attached hydrogens (tertiary/aromatic N) is 1. The molecule has 1 aliphatic heterocycles. The molecule has 1 atom stereocenters. The monoisotopic (exact) mass is 475 g/mol. The number of rotatable bonds is 8. The van der Waals surface area contributed by atoms with Crippen molar-refractivity contribution in [3.05, 3.63) is 35.9 Å². The summed E-state index contributed by atoms with van der Waals surface area (Å²) < 4.78 is 16.3. The van der Waals surface area contributed by atoms with Crippen LogP contribution in [0.15, 0.2) is 30.3 Å². The molecule has 0 saturated carbocycles. The molecule has 1 saturated heterocycles. The summed E-state index contributed by atoms with van der Waals surface area (Å²) in [5.74, 6) is -6.04. The Hall–Kier alpha value is -2.74. The molecule has 1 amide bonds. The van der Waals surface area contributed by atoms with E-state index >= 15 is 0 Å². The van der Waals surface area contributed by atoms with Gasteiger partial charge in [-0.1, -0.05) is 30.3 Å². The number of esters is 2. The first-order valence-corrected chi connectivity index (χ1v) is 11.7. The van der Waals surface area contributed by atoms with Crippen molar-refractivity contribution in [2.24, 2.45) is 11.8 Å². The van der Waals surface area contributed by atoms with Crippen molar-refractivity contribution in [2.75, 3.05) is 26.3 Å². The maximum absolute atomic E-state index is 13.5. The number of hydrogen-bond acceptors (Lipinski definition) is 7. The molecule has 1 heterocycles. The lowest BCUT2D eigenvalue weighted by molar-refractivity contribution is -0.179. The van der Waals surface area contributed by atoms with Crippen LogP contribution >= 0.6 is 0 Å². The van der Waals surface area contributed by atoms with E-state index in [0.29, 0.717) is 19.6 Å². The molecule has 1 fully saturated rings. The molecule has 0 spiro atoms. The summed E-state index contributed by atoms with van der Waals surface area (Å²) in [6, 6.07) is 9.38. The first kappa shape index (κ1) is 27.5. The minimum Gasteiger partial charge on any atom is -0.459 e. The van der Waals surface area contributed by atoms with Gasteiger partial charge in [0.2, 0.25) is 5.78 Å². The van der Waals surface area contributed by atoms with Crippen LogP contribution in [-0.2, 0) is 39.8 Å². The van der Waals surface area contributed by atoms with Gasteiger partial charge in [0, 0.05) is 13.1 Å². The highest BCUT2D eigenvalue weighted by molar-refractivity contribution is 6.37. The summed E-state index contributed by atoms with van der Waals surface area (Å²) >= 11 is 0. The van der Waals surface area contributed by atoms with Crippen LogP contribution in [0.2, 0.25) is 0 Å². The minimum absolute atomic E-state index is 0.113. The molecule has 0 bridgehead atoms. The van der Waals surface area contributed by atoms with Crippen LogP contribution in [0, 0.1) is 11.8 Å². The van der Waals surface area contributed by atoms with E-state index in [9.17, 15) is 19.2 Å². The second-order valence-electron chi connectivity index (χ2n) is 10.4.